The maximum Gasteiger partial charge on any atom is 0.417 e. The van der Waals surface area contributed by atoms with E-state index in [0.717, 1.165) is 18.5 Å². The maximum atomic E-state index is 13.1. The SMILES string of the molecule is Nc1nc(-c2c[nH]c3ncc(C(F)(F)F)cc23)ncc1F. The van der Waals surface area contributed by atoms with Crippen molar-refractivity contribution in [2.75, 3.05) is 5.73 Å². The molecule has 3 aromatic heterocycles. The molecule has 0 amide bonds. The lowest BCUT2D eigenvalue weighted by atomic mass is 10.1. The van der Waals surface area contributed by atoms with Gasteiger partial charge in [0.05, 0.1) is 11.8 Å². The van der Waals surface area contributed by atoms with Gasteiger partial charge in [-0.25, -0.2) is 19.3 Å². The van der Waals surface area contributed by atoms with E-state index in [-0.39, 0.29) is 28.2 Å². The largest absolute Gasteiger partial charge is 0.417 e. The molecule has 0 radical (unpaired) electrons. The topological polar surface area (TPSA) is 80.5 Å². The normalized spacial score (nSPS) is 12.0. The van der Waals surface area contributed by atoms with Crippen molar-refractivity contribution in [1.29, 1.82) is 0 Å². The van der Waals surface area contributed by atoms with Crippen molar-refractivity contribution in [3.63, 3.8) is 0 Å². The van der Waals surface area contributed by atoms with Gasteiger partial charge in [-0.3, -0.25) is 0 Å². The highest BCUT2D eigenvalue weighted by atomic mass is 19.4. The molecule has 0 saturated carbocycles. The van der Waals surface area contributed by atoms with E-state index in [9.17, 15) is 17.6 Å². The van der Waals surface area contributed by atoms with Crippen molar-refractivity contribution in [3.05, 3.63) is 36.0 Å². The molecule has 21 heavy (non-hydrogen) atoms. The number of pyridine rings is 1. The first-order valence-corrected chi connectivity index (χ1v) is 5.69. The molecule has 5 nitrogen and oxygen atoms in total. The van der Waals surface area contributed by atoms with Crippen molar-refractivity contribution in [1.82, 2.24) is 19.9 Å². The third-order valence-electron chi connectivity index (χ3n) is 2.87. The number of nitrogen functional groups attached to an aromatic ring is 1. The molecule has 108 valence electrons. The summed E-state index contributed by atoms with van der Waals surface area (Å²) >= 11 is 0. The first kappa shape index (κ1) is 13.3. The molecule has 9 heteroatoms. The van der Waals surface area contributed by atoms with E-state index < -0.39 is 17.6 Å². The van der Waals surface area contributed by atoms with Gasteiger partial charge in [0.15, 0.2) is 17.5 Å². The zero-order valence-corrected chi connectivity index (χ0v) is 10.2. The van der Waals surface area contributed by atoms with Crippen molar-refractivity contribution in [2.24, 2.45) is 0 Å². The van der Waals surface area contributed by atoms with E-state index in [1.165, 1.54) is 6.20 Å². The number of hydrogen-bond acceptors (Lipinski definition) is 4. The summed E-state index contributed by atoms with van der Waals surface area (Å²) in [4.78, 5) is 13.9. The Morgan fingerprint density at radius 2 is 1.90 bits per heavy atom. The Bertz CT molecular complexity index is 824. The van der Waals surface area contributed by atoms with Crippen LogP contribution in [0.3, 0.4) is 0 Å². The molecule has 0 aliphatic carbocycles. The fourth-order valence-corrected chi connectivity index (χ4v) is 1.85. The number of aromatic nitrogens is 4. The summed E-state index contributed by atoms with van der Waals surface area (Å²) in [5.74, 6) is -1.16. The lowest BCUT2D eigenvalue weighted by Crippen LogP contribution is -2.05. The number of aromatic amines is 1. The smallest absolute Gasteiger partial charge is 0.381 e. The molecule has 0 atom stereocenters. The number of anilines is 1. The molecule has 0 unspecified atom stereocenters. The molecule has 0 fully saturated rings. The molecule has 0 saturated heterocycles. The van der Waals surface area contributed by atoms with Gasteiger partial charge in [-0.1, -0.05) is 0 Å². The third-order valence-corrected chi connectivity index (χ3v) is 2.87. The highest BCUT2D eigenvalue weighted by Crippen LogP contribution is 2.33. The van der Waals surface area contributed by atoms with E-state index in [4.69, 9.17) is 5.73 Å². The summed E-state index contributed by atoms with van der Waals surface area (Å²) in [5.41, 5.74) is 4.94. The predicted molar refractivity (Wildman–Crippen MR) is 66.5 cm³/mol. The molecule has 0 aromatic carbocycles. The van der Waals surface area contributed by atoms with Gasteiger partial charge >= 0.3 is 6.18 Å². The van der Waals surface area contributed by atoms with Gasteiger partial charge in [-0.2, -0.15) is 13.2 Å². The highest BCUT2D eigenvalue weighted by Gasteiger charge is 2.31. The van der Waals surface area contributed by atoms with E-state index >= 15 is 0 Å². The van der Waals surface area contributed by atoms with E-state index in [2.05, 4.69) is 19.9 Å². The molecule has 3 rings (SSSR count). The quantitative estimate of drug-likeness (QED) is 0.677. The van der Waals surface area contributed by atoms with Crippen molar-refractivity contribution in [2.45, 2.75) is 6.18 Å². The Hall–Kier alpha value is -2.71. The summed E-state index contributed by atoms with van der Waals surface area (Å²) in [6, 6.07) is 0.928. The van der Waals surface area contributed by atoms with Crippen LogP contribution in [0.15, 0.2) is 24.7 Å². The van der Waals surface area contributed by atoms with Crippen LogP contribution in [0.5, 0.6) is 0 Å². The monoisotopic (exact) mass is 297 g/mol. The molecular formula is C12H7F4N5. The molecule has 0 aliphatic heterocycles. The lowest BCUT2D eigenvalue weighted by Gasteiger charge is -2.06. The summed E-state index contributed by atoms with van der Waals surface area (Å²) < 4.78 is 51.2. The van der Waals surface area contributed by atoms with Crippen LogP contribution in [-0.4, -0.2) is 19.9 Å². The highest BCUT2D eigenvalue weighted by molar-refractivity contribution is 5.92. The number of fused-ring (bicyclic) bond motifs is 1. The van der Waals surface area contributed by atoms with Crippen molar-refractivity contribution in [3.8, 4) is 11.4 Å². The lowest BCUT2D eigenvalue weighted by molar-refractivity contribution is -0.137. The Morgan fingerprint density at radius 1 is 1.14 bits per heavy atom. The number of rotatable bonds is 1. The summed E-state index contributed by atoms with van der Waals surface area (Å²) in [6.45, 7) is 0. The maximum absolute atomic E-state index is 13.1. The molecule has 3 N–H and O–H groups in total. The van der Waals surface area contributed by atoms with Gasteiger partial charge < -0.3 is 10.7 Å². The van der Waals surface area contributed by atoms with Crippen LogP contribution in [0, 0.1) is 5.82 Å². The Labute approximate surface area is 114 Å². The number of halogens is 4. The van der Waals surface area contributed by atoms with Gasteiger partial charge in [0.1, 0.15) is 5.65 Å². The minimum Gasteiger partial charge on any atom is -0.381 e. The van der Waals surface area contributed by atoms with Crippen LogP contribution in [0.1, 0.15) is 5.56 Å². The average molecular weight is 297 g/mol. The summed E-state index contributed by atoms with van der Waals surface area (Å²) in [7, 11) is 0. The Morgan fingerprint density at radius 3 is 2.57 bits per heavy atom. The zero-order valence-electron chi connectivity index (χ0n) is 10.2. The van der Waals surface area contributed by atoms with Gasteiger partial charge in [-0.15, -0.1) is 0 Å². The fourth-order valence-electron chi connectivity index (χ4n) is 1.85. The standard InChI is InChI=1S/C12H7F4N5/c13-8-4-20-11(21-9(8)17)7-3-19-10-6(7)1-5(2-18-10)12(14,15)16/h1-4H,(H,18,19)(H2,17,20,21). The number of hydrogen-bond donors (Lipinski definition) is 2. The second-order valence-corrected chi connectivity index (χ2v) is 4.25. The van der Waals surface area contributed by atoms with E-state index in [1.807, 2.05) is 0 Å². The van der Waals surface area contributed by atoms with Gasteiger partial charge in [0.25, 0.3) is 0 Å². The number of H-pyrrole nitrogens is 1. The second-order valence-electron chi connectivity index (χ2n) is 4.25. The van der Waals surface area contributed by atoms with Crippen LogP contribution in [-0.2, 0) is 6.18 Å². The van der Waals surface area contributed by atoms with Crippen molar-refractivity contribution >= 4 is 16.9 Å². The molecule has 3 heterocycles. The second kappa shape index (κ2) is 4.40. The van der Waals surface area contributed by atoms with Crippen molar-refractivity contribution < 1.29 is 17.6 Å². The van der Waals surface area contributed by atoms with Gasteiger partial charge in [0.2, 0.25) is 0 Å². The Balaban J connectivity index is 2.20. The summed E-state index contributed by atoms with van der Waals surface area (Å²) in [5, 5.41) is 0.177. The van der Waals surface area contributed by atoms with Gasteiger partial charge in [-0.05, 0) is 6.07 Å². The van der Waals surface area contributed by atoms with E-state index in [1.54, 1.807) is 0 Å². The first-order chi connectivity index (χ1) is 9.86. The summed E-state index contributed by atoms with van der Waals surface area (Å²) in [6.07, 6.45) is -1.54. The zero-order chi connectivity index (χ0) is 15.2. The number of alkyl halides is 3. The Kier molecular flexibility index (Phi) is 2.78. The van der Waals surface area contributed by atoms with Crippen LogP contribution < -0.4 is 5.73 Å². The number of nitrogens with zero attached hydrogens (tertiary/aromatic N) is 3. The average Bonchev–Trinajstić information content (AvgIpc) is 2.84. The molecule has 0 aliphatic rings. The van der Waals surface area contributed by atoms with Crippen LogP contribution in [0.2, 0.25) is 0 Å². The molecular weight excluding hydrogens is 290 g/mol. The fraction of sp³-hybridized carbons (Fsp3) is 0.0833. The van der Waals surface area contributed by atoms with Gasteiger partial charge in [0, 0.05) is 23.3 Å². The minimum absolute atomic E-state index is 0.0151. The van der Waals surface area contributed by atoms with Crippen LogP contribution >= 0.6 is 0 Å². The number of nitrogens with one attached hydrogen (secondary N) is 1. The van der Waals surface area contributed by atoms with Crippen LogP contribution in [0.4, 0.5) is 23.4 Å². The predicted octanol–water partition coefficient (Wildman–Crippen LogP) is 2.76. The minimum atomic E-state index is -4.52. The molecule has 0 spiro atoms. The van der Waals surface area contributed by atoms with E-state index in [0.29, 0.717) is 0 Å². The molecule has 0 bridgehead atoms. The third kappa shape index (κ3) is 2.26. The molecule has 3 aromatic rings. The first-order valence-electron chi connectivity index (χ1n) is 5.69. The van der Waals surface area contributed by atoms with Crippen LogP contribution in [0.25, 0.3) is 22.4 Å². The number of nitrogens with two attached hydrogens (primary N) is 1.